The molecule has 5 heteroatoms. The molecule has 0 saturated heterocycles. The van der Waals surface area contributed by atoms with Crippen LogP contribution in [-0.4, -0.2) is 32.9 Å². The minimum atomic E-state index is -0.352. The summed E-state index contributed by atoms with van der Waals surface area (Å²) >= 11 is 2.03. The highest BCUT2D eigenvalue weighted by Gasteiger charge is 2.11. The lowest BCUT2D eigenvalue weighted by atomic mass is 10.4. The third kappa shape index (κ3) is 4.25. The van der Waals surface area contributed by atoms with Crippen LogP contribution in [0.25, 0.3) is 0 Å². The number of likely N-dealkylation sites (N-methyl/N-ethyl adjacent to an activating group) is 1. The van der Waals surface area contributed by atoms with Gasteiger partial charge in [-0.2, -0.15) is 0 Å². The number of aliphatic imine (C=N–C) groups is 1. The highest BCUT2D eigenvalue weighted by Crippen LogP contribution is 2.09. The molecule has 1 N–H and O–H groups in total. The third-order valence-electron chi connectivity index (χ3n) is 1.21. The minimum absolute atomic E-state index is 0.352. The van der Waals surface area contributed by atoms with E-state index in [0.717, 1.165) is 3.58 Å². The van der Waals surface area contributed by atoms with Crippen LogP contribution in [0.3, 0.4) is 0 Å². The Morgan fingerprint density at radius 1 is 1.69 bits per heavy atom. The fourth-order valence-corrected chi connectivity index (χ4v) is 1.47. The number of halogens is 1. The van der Waals surface area contributed by atoms with Gasteiger partial charge in [-0.25, -0.2) is 4.79 Å². The molecule has 0 aromatic carbocycles. The number of ether oxygens (including phenoxy) is 1. The maximum absolute atomic E-state index is 11.3. The highest BCUT2D eigenvalue weighted by molar-refractivity contribution is 14.1. The molecule has 0 aliphatic heterocycles. The van der Waals surface area contributed by atoms with Crippen molar-refractivity contribution in [3.8, 4) is 0 Å². The Morgan fingerprint density at radius 2 is 2.31 bits per heavy atom. The molecule has 0 unspecified atom stereocenters. The number of esters is 1. The first kappa shape index (κ1) is 12.4. The lowest BCUT2D eigenvalue weighted by Crippen LogP contribution is -2.20. The first-order valence-electron chi connectivity index (χ1n) is 3.84. The molecule has 13 heavy (non-hydrogen) atoms. The summed E-state index contributed by atoms with van der Waals surface area (Å²) in [5.41, 5.74) is 0.438. The van der Waals surface area contributed by atoms with Crippen LogP contribution >= 0.6 is 22.6 Å². The van der Waals surface area contributed by atoms with E-state index in [4.69, 9.17) is 4.74 Å². The molecular weight excluding hydrogens is 283 g/mol. The van der Waals surface area contributed by atoms with Crippen molar-refractivity contribution in [1.29, 1.82) is 0 Å². The molecule has 0 aliphatic carbocycles. The Kier molecular flexibility index (Phi) is 6.56. The number of carbonyl (C=O) groups excluding carboxylic acids is 1. The zero-order valence-electron chi connectivity index (χ0n) is 7.93. The van der Waals surface area contributed by atoms with E-state index < -0.39 is 0 Å². The van der Waals surface area contributed by atoms with Crippen molar-refractivity contribution < 1.29 is 9.53 Å². The summed E-state index contributed by atoms with van der Waals surface area (Å²) in [6.07, 6.45) is 1.60. The molecule has 0 amide bonds. The van der Waals surface area contributed by atoms with Gasteiger partial charge in [-0.05, 0) is 29.5 Å². The Hall–Kier alpha value is -0.590. The van der Waals surface area contributed by atoms with Crippen molar-refractivity contribution in [2.45, 2.75) is 6.92 Å². The lowest BCUT2D eigenvalue weighted by Gasteiger charge is -2.06. The Labute approximate surface area is 91.6 Å². The van der Waals surface area contributed by atoms with Gasteiger partial charge in [-0.3, -0.25) is 4.99 Å². The smallest absolute Gasteiger partial charge is 0.355 e. The van der Waals surface area contributed by atoms with E-state index in [0.29, 0.717) is 12.3 Å². The molecule has 0 bridgehead atoms. The second kappa shape index (κ2) is 6.88. The molecule has 0 aromatic rings. The largest absolute Gasteiger partial charge is 0.461 e. The molecule has 74 valence electrons. The van der Waals surface area contributed by atoms with Crippen LogP contribution in [0.1, 0.15) is 6.92 Å². The summed E-state index contributed by atoms with van der Waals surface area (Å²) in [6, 6.07) is 0. The standard InChI is InChI=1S/C8H13IN2O2/c1-4-13-8(12)7(11-3)6(9)5-10-2/h5,11H,4H2,1-3H3. The summed E-state index contributed by atoms with van der Waals surface area (Å²) in [4.78, 5) is 15.1. The Balaban J connectivity index is 4.65. The average Bonchev–Trinajstić information content (AvgIpc) is 2.06. The van der Waals surface area contributed by atoms with Crippen molar-refractivity contribution >= 4 is 34.8 Å². The quantitative estimate of drug-likeness (QED) is 0.366. The first-order valence-corrected chi connectivity index (χ1v) is 4.92. The van der Waals surface area contributed by atoms with Crippen LogP contribution in [-0.2, 0) is 9.53 Å². The van der Waals surface area contributed by atoms with Crippen molar-refractivity contribution in [1.82, 2.24) is 5.32 Å². The molecule has 0 fully saturated rings. The van der Waals surface area contributed by atoms with Gasteiger partial charge in [-0.1, -0.05) is 0 Å². The number of carbonyl (C=O) groups is 1. The number of nitrogens with one attached hydrogen (secondary N) is 1. The predicted octanol–water partition coefficient (Wildman–Crippen LogP) is 1.12. The molecule has 0 heterocycles. The fourth-order valence-electron chi connectivity index (χ4n) is 0.700. The predicted molar refractivity (Wildman–Crippen MR) is 61.2 cm³/mol. The van der Waals surface area contributed by atoms with Gasteiger partial charge in [0.05, 0.1) is 10.2 Å². The van der Waals surface area contributed by atoms with Gasteiger partial charge in [0.25, 0.3) is 0 Å². The molecule has 0 radical (unpaired) electrons. The van der Waals surface area contributed by atoms with Crippen LogP contribution in [0.4, 0.5) is 0 Å². The molecule has 0 aliphatic rings. The van der Waals surface area contributed by atoms with E-state index in [1.54, 1.807) is 27.2 Å². The van der Waals surface area contributed by atoms with E-state index in [9.17, 15) is 4.79 Å². The number of hydrogen-bond acceptors (Lipinski definition) is 4. The highest BCUT2D eigenvalue weighted by atomic mass is 127. The third-order valence-corrected chi connectivity index (χ3v) is 2.03. The molecule has 0 atom stereocenters. The van der Waals surface area contributed by atoms with Crippen LogP contribution in [0.5, 0.6) is 0 Å². The SMILES string of the molecule is CCOC(=O)C(NC)=C(I)C=NC. The van der Waals surface area contributed by atoms with E-state index in [2.05, 4.69) is 10.3 Å². The maximum Gasteiger partial charge on any atom is 0.355 e. The number of rotatable bonds is 4. The molecule has 0 saturated carbocycles. The fraction of sp³-hybridized carbons (Fsp3) is 0.500. The van der Waals surface area contributed by atoms with E-state index in [-0.39, 0.29) is 5.97 Å². The lowest BCUT2D eigenvalue weighted by molar-refractivity contribution is -0.138. The molecule has 4 nitrogen and oxygen atoms in total. The minimum Gasteiger partial charge on any atom is -0.461 e. The van der Waals surface area contributed by atoms with Crippen LogP contribution < -0.4 is 5.32 Å². The van der Waals surface area contributed by atoms with Gasteiger partial charge in [0, 0.05) is 20.3 Å². The molecule has 0 rings (SSSR count). The number of allylic oxidation sites excluding steroid dienone is 1. The van der Waals surface area contributed by atoms with Gasteiger partial charge in [-0.15, -0.1) is 0 Å². The number of nitrogens with zero attached hydrogens (tertiary/aromatic N) is 1. The van der Waals surface area contributed by atoms with Gasteiger partial charge < -0.3 is 10.1 Å². The van der Waals surface area contributed by atoms with Gasteiger partial charge >= 0.3 is 5.97 Å². The molecular formula is C8H13IN2O2. The number of hydrogen-bond donors (Lipinski definition) is 1. The van der Waals surface area contributed by atoms with Gasteiger partial charge in [0.15, 0.2) is 0 Å². The van der Waals surface area contributed by atoms with E-state index >= 15 is 0 Å². The zero-order valence-corrected chi connectivity index (χ0v) is 10.1. The Bertz CT molecular complexity index is 236. The van der Waals surface area contributed by atoms with Crippen molar-refractivity contribution in [3.63, 3.8) is 0 Å². The monoisotopic (exact) mass is 296 g/mol. The summed E-state index contributed by atoms with van der Waals surface area (Å²) in [5.74, 6) is -0.352. The van der Waals surface area contributed by atoms with Gasteiger partial charge in [0.1, 0.15) is 5.70 Å². The second-order valence-corrected chi connectivity index (χ2v) is 3.24. The molecule has 0 spiro atoms. The van der Waals surface area contributed by atoms with Gasteiger partial charge in [0.2, 0.25) is 0 Å². The second-order valence-electron chi connectivity index (χ2n) is 2.08. The van der Waals surface area contributed by atoms with Crippen molar-refractivity contribution in [3.05, 3.63) is 9.28 Å². The summed E-state index contributed by atoms with van der Waals surface area (Å²) in [5, 5.41) is 2.78. The summed E-state index contributed by atoms with van der Waals surface area (Å²) in [7, 11) is 3.32. The molecule has 0 aromatic heterocycles. The van der Waals surface area contributed by atoms with Crippen LogP contribution in [0, 0.1) is 0 Å². The average molecular weight is 296 g/mol. The van der Waals surface area contributed by atoms with Crippen molar-refractivity contribution in [2.24, 2.45) is 4.99 Å². The van der Waals surface area contributed by atoms with Crippen LogP contribution in [0.2, 0.25) is 0 Å². The van der Waals surface area contributed by atoms with Crippen LogP contribution in [0.15, 0.2) is 14.3 Å². The normalized spacial score (nSPS) is 12.6. The summed E-state index contributed by atoms with van der Waals surface area (Å²) < 4.78 is 5.57. The van der Waals surface area contributed by atoms with E-state index in [1.807, 2.05) is 22.6 Å². The Morgan fingerprint density at radius 3 is 2.69 bits per heavy atom. The van der Waals surface area contributed by atoms with E-state index in [1.165, 1.54) is 0 Å². The maximum atomic E-state index is 11.3. The van der Waals surface area contributed by atoms with Crippen molar-refractivity contribution in [2.75, 3.05) is 20.7 Å². The topological polar surface area (TPSA) is 50.7 Å². The summed E-state index contributed by atoms with van der Waals surface area (Å²) in [6.45, 7) is 2.14. The first-order chi connectivity index (χ1) is 6.17. The zero-order chi connectivity index (χ0) is 10.3.